The van der Waals surface area contributed by atoms with Gasteiger partial charge in [-0.2, -0.15) is 0 Å². The molecule has 4 rings (SSSR count). The highest BCUT2D eigenvalue weighted by atomic mass is 16.5. The minimum atomic E-state index is -0.182. The number of carbonyl (C=O) groups is 1. The van der Waals surface area contributed by atoms with Gasteiger partial charge in [0.2, 0.25) is 5.78 Å². The van der Waals surface area contributed by atoms with Crippen molar-refractivity contribution in [2.24, 2.45) is 0 Å². The zero-order valence-electron chi connectivity index (χ0n) is 17.1. The molecule has 0 atom stereocenters. The highest BCUT2D eigenvalue weighted by Crippen LogP contribution is 2.41. The van der Waals surface area contributed by atoms with E-state index in [1.54, 1.807) is 26.2 Å². The molecule has 0 bridgehead atoms. The Morgan fingerprint density at radius 3 is 2.72 bits per heavy atom. The van der Waals surface area contributed by atoms with Crippen LogP contribution in [0.2, 0.25) is 0 Å². The maximum atomic E-state index is 13.1. The number of likely N-dealkylation sites (N-methyl/N-ethyl adjacent to an activating group) is 1. The number of ether oxygens (including phenoxy) is 2. The maximum absolute atomic E-state index is 13.1. The number of ketones is 1. The van der Waals surface area contributed by atoms with E-state index in [0.717, 1.165) is 31.7 Å². The smallest absolute Gasteiger partial charge is 0.232 e. The van der Waals surface area contributed by atoms with Crippen LogP contribution in [0.5, 0.6) is 17.2 Å². The quantitative estimate of drug-likeness (QED) is 0.785. The molecular weight excluding hydrogens is 368 g/mol. The molecular formula is C23H26N2O4. The number of nitrogens with one attached hydrogen (secondary N) is 1. The monoisotopic (exact) mass is 394 g/mol. The number of nitrogens with zero attached hydrogens (tertiary/aromatic N) is 1. The Hall–Kier alpha value is -2.83. The van der Waals surface area contributed by atoms with E-state index in [-0.39, 0.29) is 17.3 Å². The first-order valence-electron chi connectivity index (χ1n) is 9.90. The molecule has 152 valence electrons. The minimum Gasteiger partial charge on any atom is -0.872 e. The molecule has 0 unspecified atom stereocenters. The number of carbonyl (C=O) groups excluding carboxylic acids is 1. The highest BCUT2D eigenvalue weighted by Gasteiger charge is 2.33. The number of hydrogen-bond donors (Lipinski definition) is 1. The molecule has 0 radical (unpaired) electrons. The first kappa shape index (κ1) is 19.5. The molecule has 1 N–H and O–H groups in total. The average Bonchev–Trinajstić information content (AvgIpc) is 3.03. The summed E-state index contributed by atoms with van der Waals surface area (Å²) in [5.74, 6) is 1.09. The van der Waals surface area contributed by atoms with Crippen LogP contribution in [0.3, 0.4) is 0 Å². The first-order valence-corrected chi connectivity index (χ1v) is 9.90. The van der Waals surface area contributed by atoms with Crippen LogP contribution in [-0.4, -0.2) is 51.0 Å². The molecule has 1 fully saturated rings. The Morgan fingerprint density at radius 2 is 2.00 bits per heavy atom. The summed E-state index contributed by atoms with van der Waals surface area (Å²) < 4.78 is 11.4. The third kappa shape index (κ3) is 3.73. The number of allylic oxidation sites excluding steroid dienone is 1. The summed E-state index contributed by atoms with van der Waals surface area (Å²) >= 11 is 0. The predicted octanol–water partition coefficient (Wildman–Crippen LogP) is 1.02. The summed E-state index contributed by atoms with van der Waals surface area (Å²) in [6.45, 7) is 6.30. The van der Waals surface area contributed by atoms with Crippen LogP contribution in [0.1, 0.15) is 27.0 Å². The van der Waals surface area contributed by atoms with E-state index >= 15 is 0 Å². The molecule has 2 aromatic rings. The van der Waals surface area contributed by atoms with E-state index in [0.29, 0.717) is 34.7 Å². The molecule has 2 heterocycles. The van der Waals surface area contributed by atoms with Crippen molar-refractivity contribution < 1.29 is 24.3 Å². The number of rotatable bonds is 4. The number of benzene rings is 2. The minimum absolute atomic E-state index is 0.0565. The Kier molecular flexibility index (Phi) is 5.30. The van der Waals surface area contributed by atoms with E-state index < -0.39 is 0 Å². The Bertz CT molecular complexity index is 975. The summed E-state index contributed by atoms with van der Waals surface area (Å²) in [6.07, 6.45) is 1.69. The third-order valence-electron chi connectivity index (χ3n) is 5.75. The molecule has 0 aromatic heterocycles. The summed E-state index contributed by atoms with van der Waals surface area (Å²) in [5, 5.41) is 12.8. The first-order chi connectivity index (χ1) is 14.0. The molecule has 2 aliphatic heterocycles. The molecule has 2 aromatic carbocycles. The number of aryl methyl sites for hydroxylation is 1. The average molecular weight is 394 g/mol. The molecule has 0 saturated carbocycles. The van der Waals surface area contributed by atoms with Crippen LogP contribution >= 0.6 is 0 Å². The Labute approximate surface area is 171 Å². The van der Waals surface area contributed by atoms with Gasteiger partial charge >= 0.3 is 0 Å². The van der Waals surface area contributed by atoms with Gasteiger partial charge in [-0.05, 0) is 31.7 Å². The van der Waals surface area contributed by atoms with Gasteiger partial charge in [0.25, 0.3) is 0 Å². The summed E-state index contributed by atoms with van der Waals surface area (Å²) in [6, 6.07) is 9.02. The van der Waals surface area contributed by atoms with Gasteiger partial charge < -0.3 is 19.5 Å². The number of piperazine rings is 1. The van der Waals surface area contributed by atoms with Crippen molar-refractivity contribution in [2.75, 3.05) is 40.3 Å². The molecule has 6 heteroatoms. The zero-order valence-corrected chi connectivity index (χ0v) is 17.1. The number of hydrogen-bond acceptors (Lipinski definition) is 5. The van der Waals surface area contributed by atoms with Gasteiger partial charge in [-0.1, -0.05) is 30.0 Å². The fourth-order valence-electron chi connectivity index (χ4n) is 4.02. The van der Waals surface area contributed by atoms with E-state index in [2.05, 4.69) is 11.9 Å². The van der Waals surface area contributed by atoms with Crippen molar-refractivity contribution in [3.63, 3.8) is 0 Å². The van der Waals surface area contributed by atoms with Crippen LogP contribution in [0.4, 0.5) is 0 Å². The van der Waals surface area contributed by atoms with Crippen molar-refractivity contribution in [3.05, 3.63) is 58.3 Å². The standard InChI is InChI=1S/C23H26N2O4/c1-15-12-18(26)17(14-25-10-8-24(2)9-11-25)23-21(15)22(27)20(29-23)13-16-6-4-5-7-19(16)28-3/h4-7,12-13,26H,8-11,14H2,1-3H3. The van der Waals surface area contributed by atoms with Gasteiger partial charge in [0.1, 0.15) is 18.0 Å². The van der Waals surface area contributed by atoms with Gasteiger partial charge in [0.15, 0.2) is 5.76 Å². The lowest BCUT2D eigenvalue weighted by Crippen LogP contribution is -3.13. The number of Topliss-reactive ketones (excluding diaryl/α,β-unsaturated/α-hetero) is 1. The van der Waals surface area contributed by atoms with Crippen LogP contribution in [-0.2, 0) is 6.54 Å². The summed E-state index contributed by atoms with van der Waals surface area (Å²) in [5.41, 5.74) is 2.53. The molecule has 29 heavy (non-hydrogen) atoms. The van der Waals surface area contributed by atoms with Crippen molar-refractivity contribution in [3.8, 4) is 17.2 Å². The van der Waals surface area contributed by atoms with E-state index in [1.807, 2.05) is 24.3 Å². The van der Waals surface area contributed by atoms with Crippen molar-refractivity contribution in [2.45, 2.75) is 13.5 Å². The van der Waals surface area contributed by atoms with Crippen LogP contribution in [0, 0.1) is 6.92 Å². The number of quaternary nitrogens is 1. The molecule has 1 saturated heterocycles. The summed E-state index contributed by atoms with van der Waals surface area (Å²) in [4.78, 5) is 16.7. The maximum Gasteiger partial charge on any atom is 0.232 e. The molecule has 2 aliphatic rings. The Balaban J connectivity index is 1.69. The van der Waals surface area contributed by atoms with Crippen molar-refractivity contribution in [1.82, 2.24) is 4.90 Å². The van der Waals surface area contributed by atoms with Crippen LogP contribution < -0.4 is 19.5 Å². The molecule has 0 amide bonds. The third-order valence-corrected chi connectivity index (χ3v) is 5.75. The highest BCUT2D eigenvalue weighted by molar-refractivity contribution is 6.16. The lowest BCUT2D eigenvalue weighted by atomic mass is 9.99. The Morgan fingerprint density at radius 1 is 1.28 bits per heavy atom. The second-order valence-electron chi connectivity index (χ2n) is 7.79. The van der Waals surface area contributed by atoms with E-state index in [9.17, 15) is 9.90 Å². The second-order valence-corrected chi connectivity index (χ2v) is 7.79. The number of fused-ring (bicyclic) bond motifs is 1. The van der Waals surface area contributed by atoms with Gasteiger partial charge in [0.05, 0.1) is 25.8 Å². The fourth-order valence-corrected chi connectivity index (χ4v) is 4.02. The van der Waals surface area contributed by atoms with Crippen LogP contribution in [0.15, 0.2) is 36.1 Å². The normalized spacial score (nSPS) is 18.7. The van der Waals surface area contributed by atoms with E-state index in [1.165, 1.54) is 4.90 Å². The molecule has 0 aliphatic carbocycles. The SMILES string of the molecule is COc1ccccc1C=C1Oc2c(C[NH+]3CCN(C)CC3)c([O-])cc(C)c2C1=O. The topological polar surface area (TPSA) is 66.3 Å². The van der Waals surface area contributed by atoms with Crippen LogP contribution in [0.25, 0.3) is 6.08 Å². The predicted molar refractivity (Wildman–Crippen MR) is 108 cm³/mol. The number of methoxy groups -OCH3 is 1. The van der Waals surface area contributed by atoms with Crippen molar-refractivity contribution >= 4 is 11.9 Å². The van der Waals surface area contributed by atoms with Gasteiger partial charge in [-0.15, -0.1) is 0 Å². The van der Waals surface area contributed by atoms with Crippen molar-refractivity contribution in [1.29, 1.82) is 0 Å². The van der Waals surface area contributed by atoms with E-state index in [4.69, 9.17) is 9.47 Å². The number of para-hydroxylation sites is 1. The summed E-state index contributed by atoms with van der Waals surface area (Å²) in [7, 11) is 3.70. The molecule has 0 spiro atoms. The van der Waals surface area contributed by atoms with Gasteiger partial charge in [0, 0.05) is 24.2 Å². The lowest BCUT2D eigenvalue weighted by Gasteiger charge is -2.31. The zero-order chi connectivity index (χ0) is 20.5. The van der Waals surface area contributed by atoms with Gasteiger partial charge in [-0.3, -0.25) is 9.69 Å². The van der Waals surface area contributed by atoms with Gasteiger partial charge in [-0.25, -0.2) is 0 Å². The fraction of sp³-hybridized carbons (Fsp3) is 0.348. The molecule has 6 nitrogen and oxygen atoms in total. The lowest BCUT2D eigenvalue weighted by molar-refractivity contribution is -0.918. The second kappa shape index (κ2) is 7.89. The largest absolute Gasteiger partial charge is 0.872 e.